The summed E-state index contributed by atoms with van der Waals surface area (Å²) in [6.07, 6.45) is 6.34. The third-order valence-corrected chi connectivity index (χ3v) is 2.50. The van der Waals surface area contributed by atoms with Crippen LogP contribution in [0.1, 0.15) is 33.6 Å². The van der Waals surface area contributed by atoms with Crippen molar-refractivity contribution >= 4 is 11.6 Å². The normalized spacial score (nSPS) is 16.7. The zero-order chi connectivity index (χ0) is 9.45. The molecule has 0 saturated heterocycles. The van der Waals surface area contributed by atoms with Gasteiger partial charge in [-0.05, 0) is 26.7 Å². The SMILES string of the molecule is C/C=C/CNC(C)(CC)CCCl. The molecular formula is C10H20ClN. The van der Waals surface area contributed by atoms with E-state index < -0.39 is 0 Å². The highest BCUT2D eigenvalue weighted by molar-refractivity contribution is 6.17. The predicted octanol–water partition coefficient (Wildman–Crippen LogP) is 2.95. The Labute approximate surface area is 81.2 Å². The Balaban J connectivity index is 3.78. The molecule has 1 unspecified atom stereocenters. The average Bonchev–Trinajstić information content (AvgIpc) is 2.06. The van der Waals surface area contributed by atoms with Gasteiger partial charge in [0.2, 0.25) is 0 Å². The Morgan fingerprint density at radius 1 is 1.50 bits per heavy atom. The van der Waals surface area contributed by atoms with Crippen LogP contribution in [-0.4, -0.2) is 18.0 Å². The number of hydrogen-bond donors (Lipinski definition) is 1. The lowest BCUT2D eigenvalue weighted by Crippen LogP contribution is -2.42. The zero-order valence-electron chi connectivity index (χ0n) is 8.36. The van der Waals surface area contributed by atoms with E-state index in [-0.39, 0.29) is 5.54 Å². The highest BCUT2D eigenvalue weighted by Gasteiger charge is 2.18. The predicted molar refractivity (Wildman–Crippen MR) is 56.8 cm³/mol. The van der Waals surface area contributed by atoms with Crippen LogP contribution in [-0.2, 0) is 0 Å². The molecule has 0 rings (SSSR count). The summed E-state index contributed by atoms with van der Waals surface area (Å²) < 4.78 is 0. The summed E-state index contributed by atoms with van der Waals surface area (Å²) in [7, 11) is 0. The fraction of sp³-hybridized carbons (Fsp3) is 0.800. The van der Waals surface area contributed by atoms with E-state index in [0.717, 1.165) is 25.3 Å². The number of rotatable bonds is 6. The van der Waals surface area contributed by atoms with Crippen LogP contribution < -0.4 is 5.32 Å². The van der Waals surface area contributed by atoms with E-state index in [4.69, 9.17) is 11.6 Å². The smallest absolute Gasteiger partial charge is 0.0240 e. The maximum atomic E-state index is 5.72. The molecule has 1 atom stereocenters. The van der Waals surface area contributed by atoms with Gasteiger partial charge in [-0.25, -0.2) is 0 Å². The van der Waals surface area contributed by atoms with Crippen LogP contribution in [0, 0.1) is 0 Å². The number of hydrogen-bond acceptors (Lipinski definition) is 1. The molecule has 0 aromatic carbocycles. The van der Waals surface area contributed by atoms with Crippen LogP contribution in [0.4, 0.5) is 0 Å². The van der Waals surface area contributed by atoms with Crippen molar-refractivity contribution in [2.75, 3.05) is 12.4 Å². The monoisotopic (exact) mass is 189 g/mol. The summed E-state index contributed by atoms with van der Waals surface area (Å²) in [6.45, 7) is 7.39. The van der Waals surface area contributed by atoms with Crippen molar-refractivity contribution in [1.82, 2.24) is 5.32 Å². The molecule has 0 aliphatic rings. The summed E-state index contributed by atoms with van der Waals surface area (Å²) in [5.74, 6) is 0.729. The quantitative estimate of drug-likeness (QED) is 0.501. The van der Waals surface area contributed by atoms with Crippen molar-refractivity contribution in [1.29, 1.82) is 0 Å². The van der Waals surface area contributed by atoms with Crippen molar-refractivity contribution < 1.29 is 0 Å². The maximum absolute atomic E-state index is 5.72. The molecule has 0 aromatic heterocycles. The number of halogens is 1. The van der Waals surface area contributed by atoms with E-state index in [1.807, 2.05) is 6.92 Å². The van der Waals surface area contributed by atoms with Crippen molar-refractivity contribution in [2.24, 2.45) is 0 Å². The Kier molecular flexibility index (Phi) is 6.49. The van der Waals surface area contributed by atoms with Crippen LogP contribution in [0.3, 0.4) is 0 Å². The van der Waals surface area contributed by atoms with Gasteiger partial charge in [0.05, 0.1) is 0 Å². The molecular weight excluding hydrogens is 170 g/mol. The lowest BCUT2D eigenvalue weighted by atomic mass is 9.95. The Morgan fingerprint density at radius 3 is 2.58 bits per heavy atom. The summed E-state index contributed by atoms with van der Waals surface area (Å²) in [5.41, 5.74) is 0.210. The van der Waals surface area contributed by atoms with Gasteiger partial charge < -0.3 is 5.32 Å². The average molecular weight is 190 g/mol. The fourth-order valence-electron chi connectivity index (χ4n) is 1.02. The first-order valence-electron chi connectivity index (χ1n) is 4.60. The van der Waals surface area contributed by atoms with Gasteiger partial charge in [0.15, 0.2) is 0 Å². The highest BCUT2D eigenvalue weighted by atomic mass is 35.5. The lowest BCUT2D eigenvalue weighted by molar-refractivity contribution is 0.348. The molecule has 0 aliphatic heterocycles. The van der Waals surface area contributed by atoms with Crippen molar-refractivity contribution in [3.05, 3.63) is 12.2 Å². The second kappa shape index (κ2) is 6.50. The third-order valence-electron chi connectivity index (χ3n) is 2.31. The minimum absolute atomic E-state index is 0.210. The minimum atomic E-state index is 0.210. The Morgan fingerprint density at radius 2 is 2.17 bits per heavy atom. The molecule has 2 heteroatoms. The molecule has 0 amide bonds. The molecule has 12 heavy (non-hydrogen) atoms. The summed E-state index contributed by atoms with van der Waals surface area (Å²) in [6, 6.07) is 0. The molecule has 0 aliphatic carbocycles. The van der Waals surface area contributed by atoms with Gasteiger partial charge in [-0.3, -0.25) is 0 Å². The summed E-state index contributed by atoms with van der Waals surface area (Å²) in [5, 5.41) is 3.48. The van der Waals surface area contributed by atoms with Gasteiger partial charge >= 0.3 is 0 Å². The van der Waals surface area contributed by atoms with Crippen LogP contribution in [0.2, 0.25) is 0 Å². The second-order valence-electron chi connectivity index (χ2n) is 3.30. The highest BCUT2D eigenvalue weighted by Crippen LogP contribution is 2.14. The van der Waals surface area contributed by atoms with E-state index in [0.29, 0.717) is 0 Å². The van der Waals surface area contributed by atoms with E-state index in [1.165, 1.54) is 0 Å². The van der Waals surface area contributed by atoms with Crippen molar-refractivity contribution in [2.45, 2.75) is 39.2 Å². The van der Waals surface area contributed by atoms with Crippen molar-refractivity contribution in [3.63, 3.8) is 0 Å². The third kappa shape index (κ3) is 4.78. The first-order valence-corrected chi connectivity index (χ1v) is 5.14. The number of nitrogens with one attached hydrogen (secondary N) is 1. The van der Waals surface area contributed by atoms with E-state index in [2.05, 4.69) is 31.3 Å². The van der Waals surface area contributed by atoms with Crippen LogP contribution in [0.5, 0.6) is 0 Å². The topological polar surface area (TPSA) is 12.0 Å². The van der Waals surface area contributed by atoms with Crippen LogP contribution in [0.15, 0.2) is 12.2 Å². The molecule has 0 fully saturated rings. The first kappa shape index (κ1) is 12.0. The van der Waals surface area contributed by atoms with Gasteiger partial charge in [0, 0.05) is 18.0 Å². The minimum Gasteiger partial charge on any atom is -0.308 e. The first-order chi connectivity index (χ1) is 5.68. The second-order valence-corrected chi connectivity index (χ2v) is 3.68. The zero-order valence-corrected chi connectivity index (χ0v) is 9.12. The van der Waals surface area contributed by atoms with E-state index in [9.17, 15) is 0 Å². The largest absolute Gasteiger partial charge is 0.308 e. The fourth-order valence-corrected chi connectivity index (χ4v) is 1.44. The van der Waals surface area contributed by atoms with Crippen molar-refractivity contribution in [3.8, 4) is 0 Å². The molecule has 0 aromatic rings. The Hall–Kier alpha value is -0.0100. The summed E-state index contributed by atoms with van der Waals surface area (Å²) in [4.78, 5) is 0. The molecule has 0 saturated carbocycles. The molecule has 0 bridgehead atoms. The Bertz CT molecular complexity index is 134. The molecule has 72 valence electrons. The van der Waals surface area contributed by atoms with Gasteiger partial charge in [0.25, 0.3) is 0 Å². The van der Waals surface area contributed by atoms with Crippen LogP contribution >= 0.6 is 11.6 Å². The molecule has 1 N–H and O–H groups in total. The van der Waals surface area contributed by atoms with E-state index in [1.54, 1.807) is 0 Å². The van der Waals surface area contributed by atoms with Crippen LogP contribution in [0.25, 0.3) is 0 Å². The number of alkyl halides is 1. The van der Waals surface area contributed by atoms with E-state index >= 15 is 0 Å². The van der Waals surface area contributed by atoms with Gasteiger partial charge in [-0.15, -0.1) is 11.6 Å². The summed E-state index contributed by atoms with van der Waals surface area (Å²) >= 11 is 5.72. The molecule has 0 spiro atoms. The van der Waals surface area contributed by atoms with Gasteiger partial charge in [-0.2, -0.15) is 0 Å². The van der Waals surface area contributed by atoms with Gasteiger partial charge in [0.1, 0.15) is 0 Å². The standard InChI is InChI=1S/C10H20ClN/c1-4-6-9-12-10(3,5-2)7-8-11/h4,6,12H,5,7-9H2,1-3H3/b6-4+. The maximum Gasteiger partial charge on any atom is 0.0240 e. The lowest BCUT2D eigenvalue weighted by Gasteiger charge is -2.28. The number of allylic oxidation sites excluding steroid dienone is 1. The molecule has 0 heterocycles. The molecule has 1 nitrogen and oxygen atoms in total. The van der Waals surface area contributed by atoms with Gasteiger partial charge in [-0.1, -0.05) is 19.1 Å². The molecule has 0 radical (unpaired) electrons.